The van der Waals surface area contributed by atoms with E-state index in [4.69, 9.17) is 22.1 Å². The number of rotatable bonds is 4. The van der Waals surface area contributed by atoms with E-state index in [0.717, 1.165) is 28.5 Å². The molecule has 0 saturated heterocycles. The van der Waals surface area contributed by atoms with Gasteiger partial charge in [-0.3, -0.25) is 4.98 Å². The molecule has 19 heavy (non-hydrogen) atoms. The zero-order chi connectivity index (χ0) is 13.8. The maximum atomic E-state index is 6.07. The van der Waals surface area contributed by atoms with Crippen molar-refractivity contribution < 1.29 is 4.74 Å². The zero-order valence-corrected chi connectivity index (χ0v) is 11.8. The summed E-state index contributed by atoms with van der Waals surface area (Å²) in [5.74, 6) is 1.45. The molecule has 0 saturated carbocycles. The van der Waals surface area contributed by atoms with E-state index >= 15 is 0 Å². The van der Waals surface area contributed by atoms with Gasteiger partial charge < -0.3 is 10.5 Å². The summed E-state index contributed by atoms with van der Waals surface area (Å²) in [5, 5.41) is 0.764. The molecule has 0 bridgehead atoms. The maximum absolute atomic E-state index is 6.07. The van der Waals surface area contributed by atoms with Crippen molar-refractivity contribution in [1.82, 2.24) is 4.98 Å². The van der Waals surface area contributed by atoms with Gasteiger partial charge in [0.25, 0.3) is 0 Å². The highest BCUT2D eigenvalue weighted by molar-refractivity contribution is 6.31. The molecule has 100 valence electrons. The third kappa shape index (κ3) is 3.46. The van der Waals surface area contributed by atoms with Crippen LogP contribution in [0.2, 0.25) is 5.02 Å². The van der Waals surface area contributed by atoms with Crippen molar-refractivity contribution in [2.45, 2.75) is 26.3 Å². The summed E-state index contributed by atoms with van der Waals surface area (Å²) in [6.45, 7) is 3.96. The molecule has 1 aromatic heterocycles. The van der Waals surface area contributed by atoms with E-state index < -0.39 is 0 Å². The van der Waals surface area contributed by atoms with Gasteiger partial charge in [0.15, 0.2) is 0 Å². The average Bonchev–Trinajstić information content (AvgIpc) is 2.41. The maximum Gasteiger partial charge on any atom is 0.145 e. The average molecular weight is 277 g/mol. The monoisotopic (exact) mass is 276 g/mol. The molecule has 1 atom stereocenters. The standard InChI is InChI=1S/C15H17ClN2O/c1-3-11-8-12(4-6-14(11)16)19-13-5-7-15(10(2)17)18-9-13/h4-10H,3,17H2,1-2H3. The van der Waals surface area contributed by atoms with Crippen LogP contribution in [-0.2, 0) is 6.42 Å². The van der Waals surface area contributed by atoms with Gasteiger partial charge in [-0.1, -0.05) is 18.5 Å². The Labute approximate surface area is 118 Å². The molecule has 1 unspecified atom stereocenters. The molecule has 0 aliphatic rings. The second-order valence-electron chi connectivity index (χ2n) is 4.42. The predicted octanol–water partition coefficient (Wildman–Crippen LogP) is 4.11. The van der Waals surface area contributed by atoms with Gasteiger partial charge in [0.1, 0.15) is 11.5 Å². The van der Waals surface area contributed by atoms with Crippen LogP contribution >= 0.6 is 11.6 Å². The molecule has 4 heteroatoms. The van der Waals surface area contributed by atoms with Crippen LogP contribution in [0.3, 0.4) is 0 Å². The number of nitrogens with zero attached hydrogens (tertiary/aromatic N) is 1. The van der Waals surface area contributed by atoms with Gasteiger partial charge in [0.05, 0.1) is 11.9 Å². The molecule has 0 aliphatic carbocycles. The fraction of sp³-hybridized carbons (Fsp3) is 0.267. The molecule has 0 spiro atoms. The Balaban J connectivity index is 2.16. The first-order chi connectivity index (χ1) is 9.10. The lowest BCUT2D eigenvalue weighted by atomic mass is 10.1. The van der Waals surface area contributed by atoms with Gasteiger partial charge in [0, 0.05) is 11.1 Å². The molecule has 1 heterocycles. The lowest BCUT2D eigenvalue weighted by Crippen LogP contribution is -2.06. The van der Waals surface area contributed by atoms with Crippen molar-refractivity contribution >= 4 is 11.6 Å². The van der Waals surface area contributed by atoms with Gasteiger partial charge in [0.2, 0.25) is 0 Å². The van der Waals surface area contributed by atoms with Crippen LogP contribution in [-0.4, -0.2) is 4.98 Å². The van der Waals surface area contributed by atoms with Crippen LogP contribution in [0.4, 0.5) is 0 Å². The molecule has 2 rings (SSSR count). The number of halogens is 1. The van der Waals surface area contributed by atoms with Gasteiger partial charge in [-0.25, -0.2) is 0 Å². The molecule has 0 radical (unpaired) electrons. The molecule has 2 aromatic rings. The van der Waals surface area contributed by atoms with Gasteiger partial charge >= 0.3 is 0 Å². The molecule has 0 aliphatic heterocycles. The van der Waals surface area contributed by atoms with Crippen molar-refractivity contribution in [3.63, 3.8) is 0 Å². The highest BCUT2D eigenvalue weighted by atomic mass is 35.5. The summed E-state index contributed by atoms with van der Waals surface area (Å²) >= 11 is 6.07. The minimum absolute atomic E-state index is 0.0729. The minimum atomic E-state index is -0.0729. The molecule has 0 amide bonds. The lowest BCUT2D eigenvalue weighted by Gasteiger charge is -2.09. The fourth-order valence-electron chi connectivity index (χ4n) is 1.74. The van der Waals surface area contributed by atoms with Crippen LogP contribution in [0.25, 0.3) is 0 Å². The SMILES string of the molecule is CCc1cc(Oc2ccc(C(C)N)nc2)ccc1Cl. The highest BCUT2D eigenvalue weighted by Crippen LogP contribution is 2.26. The molecular formula is C15H17ClN2O. The summed E-state index contributed by atoms with van der Waals surface area (Å²) in [4.78, 5) is 4.26. The van der Waals surface area contributed by atoms with Gasteiger partial charge in [-0.15, -0.1) is 0 Å². The number of hydrogen-bond donors (Lipinski definition) is 1. The molecule has 3 nitrogen and oxygen atoms in total. The fourth-order valence-corrected chi connectivity index (χ4v) is 1.99. The van der Waals surface area contributed by atoms with Crippen LogP contribution in [0, 0.1) is 0 Å². The van der Waals surface area contributed by atoms with Crippen molar-refractivity contribution in [1.29, 1.82) is 0 Å². The quantitative estimate of drug-likeness (QED) is 0.914. The Bertz CT molecular complexity index is 553. The van der Waals surface area contributed by atoms with Crippen LogP contribution in [0.1, 0.15) is 31.1 Å². The first-order valence-electron chi connectivity index (χ1n) is 6.28. The van der Waals surface area contributed by atoms with E-state index in [-0.39, 0.29) is 6.04 Å². The molecule has 2 N–H and O–H groups in total. The third-order valence-corrected chi connectivity index (χ3v) is 3.23. The molecular weight excluding hydrogens is 260 g/mol. The highest BCUT2D eigenvalue weighted by Gasteiger charge is 2.04. The number of aryl methyl sites for hydroxylation is 1. The van der Waals surface area contributed by atoms with Gasteiger partial charge in [-0.05, 0) is 49.2 Å². The van der Waals surface area contributed by atoms with E-state index in [1.54, 1.807) is 6.20 Å². The van der Waals surface area contributed by atoms with E-state index in [1.807, 2.05) is 37.3 Å². The lowest BCUT2D eigenvalue weighted by molar-refractivity contribution is 0.478. The second kappa shape index (κ2) is 6.04. The van der Waals surface area contributed by atoms with E-state index in [0.29, 0.717) is 5.75 Å². The third-order valence-electron chi connectivity index (χ3n) is 2.86. The van der Waals surface area contributed by atoms with Crippen molar-refractivity contribution in [2.24, 2.45) is 5.73 Å². The van der Waals surface area contributed by atoms with Crippen molar-refractivity contribution in [3.8, 4) is 11.5 Å². The first-order valence-corrected chi connectivity index (χ1v) is 6.65. The smallest absolute Gasteiger partial charge is 0.145 e. The van der Waals surface area contributed by atoms with E-state index in [1.165, 1.54) is 0 Å². The number of nitrogens with two attached hydrogens (primary N) is 1. The Hall–Kier alpha value is -1.58. The topological polar surface area (TPSA) is 48.1 Å². The summed E-state index contributed by atoms with van der Waals surface area (Å²) < 4.78 is 5.75. The molecule has 0 fully saturated rings. The van der Waals surface area contributed by atoms with Crippen LogP contribution < -0.4 is 10.5 Å². The number of hydrogen-bond acceptors (Lipinski definition) is 3. The Morgan fingerprint density at radius 3 is 2.58 bits per heavy atom. The Kier molecular flexibility index (Phi) is 4.40. The van der Waals surface area contributed by atoms with Crippen molar-refractivity contribution in [3.05, 3.63) is 52.8 Å². The number of ether oxygens (including phenoxy) is 1. The zero-order valence-electron chi connectivity index (χ0n) is 11.1. The van der Waals surface area contributed by atoms with Crippen molar-refractivity contribution in [2.75, 3.05) is 0 Å². The predicted molar refractivity (Wildman–Crippen MR) is 77.7 cm³/mol. The largest absolute Gasteiger partial charge is 0.456 e. The summed E-state index contributed by atoms with van der Waals surface area (Å²) in [7, 11) is 0. The number of pyridine rings is 1. The van der Waals surface area contributed by atoms with Gasteiger partial charge in [-0.2, -0.15) is 0 Å². The number of aromatic nitrogens is 1. The Morgan fingerprint density at radius 1 is 1.26 bits per heavy atom. The summed E-state index contributed by atoms with van der Waals surface area (Å²) in [5.41, 5.74) is 7.67. The van der Waals surface area contributed by atoms with Crippen LogP contribution in [0.15, 0.2) is 36.5 Å². The van der Waals surface area contributed by atoms with E-state index in [9.17, 15) is 0 Å². The Morgan fingerprint density at radius 2 is 2.00 bits per heavy atom. The van der Waals surface area contributed by atoms with E-state index in [2.05, 4.69) is 11.9 Å². The first kappa shape index (κ1) is 13.8. The number of benzene rings is 1. The summed E-state index contributed by atoms with van der Waals surface area (Å²) in [6.07, 6.45) is 2.55. The normalized spacial score (nSPS) is 12.2. The van der Waals surface area contributed by atoms with Crippen LogP contribution in [0.5, 0.6) is 11.5 Å². The second-order valence-corrected chi connectivity index (χ2v) is 4.82. The minimum Gasteiger partial charge on any atom is -0.456 e. The molecule has 1 aromatic carbocycles. The summed E-state index contributed by atoms with van der Waals surface area (Å²) in [6, 6.07) is 9.31.